The van der Waals surface area contributed by atoms with Crippen LogP contribution in [0.3, 0.4) is 0 Å². The van der Waals surface area contributed by atoms with Gasteiger partial charge in [0, 0.05) is 11.1 Å². The van der Waals surface area contributed by atoms with Crippen molar-refractivity contribution in [2.45, 2.75) is 5.92 Å². The topological polar surface area (TPSA) is 69.9 Å². The summed E-state index contributed by atoms with van der Waals surface area (Å²) in [6.45, 7) is 0. The van der Waals surface area contributed by atoms with Gasteiger partial charge in [0.25, 0.3) is 5.92 Å². The van der Waals surface area contributed by atoms with Crippen LogP contribution >= 0.6 is 0 Å². The molecule has 1 aliphatic rings. The molecule has 2 aromatic rings. The molecule has 0 atom stereocenters. The summed E-state index contributed by atoms with van der Waals surface area (Å²) in [4.78, 5) is 0. The third-order valence-electron chi connectivity index (χ3n) is 3.49. The second-order valence-electron chi connectivity index (χ2n) is 4.68. The Balaban J connectivity index is 2.17. The Hall–Kier alpha value is -1.89. The van der Waals surface area contributed by atoms with Gasteiger partial charge in [-0.3, -0.25) is 0 Å². The van der Waals surface area contributed by atoms with Gasteiger partial charge >= 0.3 is 14.8 Å². The molecule has 21 heavy (non-hydrogen) atoms. The van der Waals surface area contributed by atoms with Gasteiger partial charge in [-0.1, -0.05) is 24.3 Å². The average Bonchev–Trinajstić information content (AvgIpc) is 2.68. The minimum atomic E-state index is -3.27. The Kier molecular flexibility index (Phi) is 3.24. The highest BCUT2D eigenvalue weighted by molar-refractivity contribution is 6.58. The Morgan fingerprint density at radius 3 is 2.24 bits per heavy atom. The van der Waals surface area contributed by atoms with Crippen LogP contribution in [0.1, 0.15) is 11.1 Å². The molecule has 2 aromatic carbocycles. The molecule has 0 spiro atoms. The van der Waals surface area contributed by atoms with Gasteiger partial charge in [-0.15, -0.1) is 0 Å². The standard InChI is InChI=1S/C13H9B2F2O4/c16-13(17)11-5-7(15(19)20)1-3-9(11)10-4-2-8(21-14-18)6-12(10)13/h1-6,18-20H. The molecular weight excluding hydrogens is 280 g/mol. The fraction of sp³-hybridized carbons (Fsp3) is 0.0769. The number of halogens is 2. The molecule has 0 fully saturated rings. The minimum absolute atomic E-state index is 0.00129. The van der Waals surface area contributed by atoms with E-state index in [4.69, 9.17) is 19.7 Å². The zero-order valence-corrected chi connectivity index (χ0v) is 10.6. The van der Waals surface area contributed by atoms with E-state index in [1.54, 1.807) is 0 Å². The molecule has 0 aromatic heterocycles. The molecule has 0 heterocycles. The number of hydrogen-bond acceptors (Lipinski definition) is 4. The van der Waals surface area contributed by atoms with Crippen molar-refractivity contribution in [1.29, 1.82) is 0 Å². The van der Waals surface area contributed by atoms with Crippen molar-refractivity contribution in [2.75, 3.05) is 0 Å². The van der Waals surface area contributed by atoms with Crippen LogP contribution in [0.5, 0.6) is 5.75 Å². The minimum Gasteiger partial charge on any atom is -0.537 e. The molecule has 0 aliphatic heterocycles. The Morgan fingerprint density at radius 2 is 1.62 bits per heavy atom. The highest BCUT2D eigenvalue weighted by atomic mass is 19.3. The SMILES string of the molecule is O[B]Oc1ccc2c(c1)C(F)(F)c1cc(B(O)O)ccc1-2. The molecule has 3 N–H and O–H groups in total. The zero-order chi connectivity index (χ0) is 15.2. The summed E-state index contributed by atoms with van der Waals surface area (Å²) < 4.78 is 33.7. The van der Waals surface area contributed by atoms with Gasteiger partial charge in [-0.25, -0.2) is 0 Å². The van der Waals surface area contributed by atoms with Crippen molar-refractivity contribution in [1.82, 2.24) is 0 Å². The largest absolute Gasteiger partial charge is 0.569 e. The maximum Gasteiger partial charge on any atom is 0.569 e. The van der Waals surface area contributed by atoms with E-state index in [1.807, 2.05) is 0 Å². The van der Waals surface area contributed by atoms with E-state index in [0.29, 0.717) is 18.8 Å². The second-order valence-corrected chi connectivity index (χ2v) is 4.68. The first-order valence-corrected chi connectivity index (χ1v) is 6.11. The second kappa shape index (κ2) is 4.84. The molecule has 1 radical (unpaired) electrons. The number of benzene rings is 2. The van der Waals surface area contributed by atoms with Gasteiger partial charge in [0.05, 0.1) is 0 Å². The average molecular weight is 289 g/mol. The molecule has 0 saturated heterocycles. The lowest BCUT2D eigenvalue weighted by molar-refractivity contribution is 0.0479. The fourth-order valence-electron chi connectivity index (χ4n) is 2.51. The summed E-state index contributed by atoms with van der Waals surface area (Å²) in [6.07, 6.45) is 0. The maximum atomic E-state index is 14.5. The van der Waals surface area contributed by atoms with Crippen LogP contribution in [0.2, 0.25) is 0 Å². The molecular formula is C13H9B2F2O4. The normalized spacial score (nSPS) is 14.3. The van der Waals surface area contributed by atoms with Crippen LogP contribution in [0.15, 0.2) is 36.4 Å². The molecule has 0 saturated carbocycles. The Bertz CT molecular complexity index is 707. The summed E-state index contributed by atoms with van der Waals surface area (Å²) >= 11 is 0. The molecule has 1 aliphatic carbocycles. The van der Waals surface area contributed by atoms with Crippen LogP contribution in [0.4, 0.5) is 8.78 Å². The summed E-state index contributed by atoms with van der Waals surface area (Å²) in [5.74, 6) is -3.18. The van der Waals surface area contributed by atoms with E-state index in [-0.39, 0.29) is 22.3 Å². The van der Waals surface area contributed by atoms with E-state index >= 15 is 0 Å². The van der Waals surface area contributed by atoms with Crippen molar-refractivity contribution in [2.24, 2.45) is 0 Å². The summed E-state index contributed by atoms with van der Waals surface area (Å²) in [5, 5.41) is 26.8. The maximum absolute atomic E-state index is 14.5. The van der Waals surface area contributed by atoms with Crippen molar-refractivity contribution >= 4 is 20.3 Å². The molecule has 0 unspecified atom stereocenters. The van der Waals surface area contributed by atoms with Gasteiger partial charge in [0.15, 0.2) is 0 Å². The van der Waals surface area contributed by atoms with Gasteiger partial charge < -0.3 is 19.7 Å². The molecule has 3 rings (SSSR count). The number of fused-ring (bicyclic) bond motifs is 3. The fourth-order valence-corrected chi connectivity index (χ4v) is 2.51. The van der Waals surface area contributed by atoms with Gasteiger partial charge in [0.1, 0.15) is 5.75 Å². The van der Waals surface area contributed by atoms with Crippen molar-refractivity contribution in [3.8, 4) is 16.9 Å². The third kappa shape index (κ3) is 2.12. The summed E-state index contributed by atoms with van der Waals surface area (Å²) in [7, 11) is -1.39. The Labute approximate surface area is 120 Å². The first kappa shape index (κ1) is 14.1. The molecule has 8 heteroatoms. The van der Waals surface area contributed by atoms with Crippen molar-refractivity contribution in [3.63, 3.8) is 0 Å². The summed E-state index contributed by atoms with van der Waals surface area (Å²) in [5.41, 5.74) is 0.147. The van der Waals surface area contributed by atoms with E-state index < -0.39 is 13.0 Å². The van der Waals surface area contributed by atoms with E-state index in [9.17, 15) is 8.78 Å². The van der Waals surface area contributed by atoms with Crippen molar-refractivity contribution in [3.05, 3.63) is 47.5 Å². The van der Waals surface area contributed by atoms with Gasteiger partial charge in [-0.2, -0.15) is 8.78 Å². The van der Waals surface area contributed by atoms with Crippen LogP contribution in [0.25, 0.3) is 11.1 Å². The third-order valence-corrected chi connectivity index (χ3v) is 3.49. The van der Waals surface area contributed by atoms with Crippen LogP contribution in [0, 0.1) is 0 Å². The molecule has 105 valence electrons. The molecule has 0 amide bonds. The predicted octanol–water partition coefficient (Wildman–Crippen LogP) is 0.392. The molecule has 0 bridgehead atoms. The van der Waals surface area contributed by atoms with Gasteiger partial charge in [-0.05, 0) is 28.7 Å². The highest BCUT2D eigenvalue weighted by Gasteiger charge is 2.45. The zero-order valence-electron chi connectivity index (χ0n) is 10.6. The van der Waals surface area contributed by atoms with Crippen molar-refractivity contribution < 1.29 is 28.5 Å². The molecule has 4 nitrogen and oxygen atoms in total. The smallest absolute Gasteiger partial charge is 0.537 e. The lowest BCUT2D eigenvalue weighted by Gasteiger charge is -2.13. The van der Waals surface area contributed by atoms with Crippen LogP contribution in [-0.4, -0.2) is 29.9 Å². The highest BCUT2D eigenvalue weighted by Crippen LogP contribution is 2.51. The number of hydrogen-bond donors (Lipinski definition) is 3. The van der Waals surface area contributed by atoms with E-state index in [1.165, 1.54) is 24.3 Å². The monoisotopic (exact) mass is 289 g/mol. The number of alkyl halides is 2. The van der Waals surface area contributed by atoms with E-state index in [2.05, 4.69) is 0 Å². The van der Waals surface area contributed by atoms with E-state index in [0.717, 1.165) is 12.1 Å². The quantitative estimate of drug-likeness (QED) is 0.715. The lowest BCUT2D eigenvalue weighted by atomic mass is 9.78. The first-order valence-electron chi connectivity index (χ1n) is 6.11. The lowest BCUT2D eigenvalue weighted by Crippen LogP contribution is -2.30. The summed E-state index contributed by atoms with van der Waals surface area (Å²) in [6, 6.07) is 7.99. The van der Waals surface area contributed by atoms with Crippen LogP contribution < -0.4 is 10.1 Å². The number of rotatable bonds is 3. The van der Waals surface area contributed by atoms with Crippen LogP contribution in [-0.2, 0) is 5.92 Å². The Morgan fingerprint density at radius 1 is 1.00 bits per heavy atom. The van der Waals surface area contributed by atoms with Gasteiger partial charge in [0.2, 0.25) is 0 Å². The predicted molar refractivity (Wildman–Crippen MR) is 73.3 cm³/mol. The first-order chi connectivity index (χ1) is 9.95.